The number of carbonyl (C=O) groups is 2. The van der Waals surface area contributed by atoms with E-state index in [0.29, 0.717) is 6.07 Å². The molecule has 0 N–H and O–H groups in total. The zero-order valence-electron chi connectivity index (χ0n) is 17.8. The Kier molecular flexibility index (Phi) is 6.91. The molecule has 0 aromatic heterocycles. The number of halogens is 3. The maximum absolute atomic E-state index is 13.8. The second-order valence-electron chi connectivity index (χ2n) is 8.85. The predicted molar refractivity (Wildman–Crippen MR) is 105 cm³/mol. The molecule has 0 unspecified atom stereocenters. The molecule has 0 bridgehead atoms. The lowest BCUT2D eigenvalue weighted by Crippen LogP contribution is -2.44. The van der Waals surface area contributed by atoms with Gasteiger partial charge in [-0.3, -0.25) is 0 Å². The molecule has 2 amide bonds. The Morgan fingerprint density at radius 1 is 0.897 bits per heavy atom. The summed E-state index contributed by atoms with van der Waals surface area (Å²) >= 11 is 0. The molecule has 1 aromatic rings. The van der Waals surface area contributed by atoms with Gasteiger partial charge in [0.05, 0.1) is 11.3 Å². The van der Waals surface area contributed by atoms with Crippen LogP contribution in [0.2, 0.25) is 0 Å². The molecule has 0 saturated heterocycles. The summed E-state index contributed by atoms with van der Waals surface area (Å²) in [6.07, 6.45) is -7.56. The number of ether oxygens (including phenoxy) is 2. The van der Waals surface area contributed by atoms with Crippen LogP contribution in [-0.2, 0) is 20.2 Å². The quantitative estimate of drug-likeness (QED) is 0.561. The van der Waals surface area contributed by atoms with Crippen molar-refractivity contribution in [3.8, 4) is 0 Å². The van der Waals surface area contributed by atoms with Crippen LogP contribution < -0.4 is 10.2 Å². The van der Waals surface area contributed by atoms with Gasteiger partial charge in [-0.2, -0.15) is 18.1 Å². The van der Waals surface area contributed by atoms with Crippen LogP contribution in [-0.4, -0.2) is 36.7 Å². The highest BCUT2D eigenvalue weighted by Crippen LogP contribution is 2.41. The van der Waals surface area contributed by atoms with Crippen LogP contribution >= 0.6 is 7.14 Å². The van der Waals surface area contributed by atoms with Crippen LogP contribution in [0.15, 0.2) is 18.2 Å². The fourth-order valence-corrected chi connectivity index (χ4v) is 3.04. The van der Waals surface area contributed by atoms with Gasteiger partial charge in [0.1, 0.15) is 18.3 Å². The third-order valence-corrected chi connectivity index (χ3v) is 4.82. The van der Waals surface area contributed by atoms with E-state index < -0.39 is 48.0 Å². The molecule has 1 rings (SSSR count). The zero-order chi connectivity index (χ0) is 23.0. The number of hydrogen-bond acceptors (Lipinski definition) is 5. The molecule has 0 aliphatic carbocycles. The summed E-state index contributed by atoms with van der Waals surface area (Å²) in [5, 5.41) is -0.0399. The first-order valence-corrected chi connectivity index (χ1v) is 11.4. The van der Waals surface area contributed by atoms with Crippen LogP contribution in [0.1, 0.15) is 47.1 Å². The summed E-state index contributed by atoms with van der Waals surface area (Å²) in [5.41, 5.74) is -4.20. The molecule has 0 aliphatic rings. The van der Waals surface area contributed by atoms with Crippen LogP contribution in [0.5, 0.6) is 0 Å². The average Bonchev–Trinajstić information content (AvgIpc) is 2.41. The summed E-state index contributed by atoms with van der Waals surface area (Å²) in [5.74, 6) is 0. The van der Waals surface area contributed by atoms with E-state index in [4.69, 9.17) is 9.47 Å². The first-order valence-electron chi connectivity index (χ1n) is 8.75. The second-order valence-corrected chi connectivity index (χ2v) is 12.1. The summed E-state index contributed by atoms with van der Waals surface area (Å²) < 4.78 is 63.8. The maximum atomic E-state index is 13.8. The molecule has 164 valence electrons. The number of anilines is 1. The zero-order valence-corrected chi connectivity index (χ0v) is 18.7. The monoisotopic (exact) mass is 437 g/mol. The lowest BCUT2D eigenvalue weighted by atomic mass is 10.1. The number of imide groups is 1. The molecule has 10 heteroatoms. The van der Waals surface area contributed by atoms with Crippen molar-refractivity contribution >= 4 is 30.3 Å². The number of alkyl halides is 3. The third kappa shape index (κ3) is 7.38. The van der Waals surface area contributed by atoms with E-state index in [1.807, 2.05) is 0 Å². The summed E-state index contributed by atoms with van der Waals surface area (Å²) in [4.78, 5) is 25.5. The Balaban J connectivity index is 3.69. The summed E-state index contributed by atoms with van der Waals surface area (Å²) in [7, 11) is -3.03. The Morgan fingerprint density at radius 2 is 1.31 bits per heavy atom. The van der Waals surface area contributed by atoms with Crippen molar-refractivity contribution in [2.45, 2.75) is 58.9 Å². The van der Waals surface area contributed by atoms with Crippen LogP contribution in [0.4, 0.5) is 28.4 Å². The second kappa shape index (κ2) is 8.01. The SMILES string of the molecule is CC(C)(C)OC(=O)N(C(=O)OC(C)(C)C)c1ccc(P(C)(C)=O)cc1C(F)(F)F. The van der Waals surface area contributed by atoms with Crippen LogP contribution in [0, 0.1) is 0 Å². The van der Waals surface area contributed by atoms with E-state index in [1.54, 1.807) is 0 Å². The van der Waals surface area contributed by atoms with E-state index in [2.05, 4.69) is 0 Å². The first kappa shape index (κ1) is 25.0. The van der Waals surface area contributed by atoms with Gasteiger partial charge in [-0.15, -0.1) is 0 Å². The van der Waals surface area contributed by atoms with Crippen molar-refractivity contribution < 1.29 is 36.8 Å². The molecular formula is C19H27F3NO5P. The van der Waals surface area contributed by atoms with Crippen molar-refractivity contribution in [2.75, 3.05) is 18.2 Å². The van der Waals surface area contributed by atoms with Crippen molar-refractivity contribution in [2.24, 2.45) is 0 Å². The normalized spacial score (nSPS) is 13.1. The highest BCUT2D eigenvalue weighted by molar-refractivity contribution is 7.70. The molecule has 0 saturated carbocycles. The Labute approximate surface area is 168 Å². The Hall–Kier alpha value is -2.02. The fraction of sp³-hybridized carbons (Fsp3) is 0.579. The first-order chi connectivity index (χ1) is 12.7. The molecule has 6 nitrogen and oxygen atoms in total. The molecule has 29 heavy (non-hydrogen) atoms. The van der Waals surface area contributed by atoms with E-state index in [-0.39, 0.29) is 10.2 Å². The number of nitrogens with zero attached hydrogens (tertiary/aromatic N) is 1. The average molecular weight is 437 g/mol. The fourth-order valence-electron chi connectivity index (χ4n) is 2.17. The highest BCUT2D eigenvalue weighted by Gasteiger charge is 2.41. The number of benzene rings is 1. The van der Waals surface area contributed by atoms with E-state index in [9.17, 15) is 27.3 Å². The van der Waals surface area contributed by atoms with Gasteiger partial charge in [-0.05, 0) is 73.1 Å². The standard InChI is InChI=1S/C19H27F3NO5P/c1-17(2,3)27-15(24)23(16(25)28-18(4,5)6)14-10-9-12(29(7,8)26)11-13(14)19(20,21)22/h9-11H,1-8H3. The number of hydrogen-bond donors (Lipinski definition) is 0. The molecule has 0 fully saturated rings. The van der Waals surface area contributed by atoms with Gasteiger partial charge in [-0.1, -0.05) is 0 Å². The van der Waals surface area contributed by atoms with Gasteiger partial charge in [0.15, 0.2) is 0 Å². The minimum atomic E-state index is -4.93. The van der Waals surface area contributed by atoms with Gasteiger partial charge in [0, 0.05) is 5.30 Å². The molecule has 0 heterocycles. The molecule has 0 spiro atoms. The van der Waals surface area contributed by atoms with Gasteiger partial charge >= 0.3 is 18.4 Å². The lowest BCUT2D eigenvalue weighted by molar-refractivity contribution is -0.137. The van der Waals surface area contributed by atoms with Crippen LogP contribution in [0.3, 0.4) is 0 Å². The topological polar surface area (TPSA) is 72.9 Å². The van der Waals surface area contributed by atoms with Gasteiger partial charge in [-0.25, -0.2) is 9.59 Å². The molecule has 0 aliphatic heterocycles. The van der Waals surface area contributed by atoms with Crippen molar-refractivity contribution in [1.29, 1.82) is 0 Å². The summed E-state index contributed by atoms with van der Waals surface area (Å²) in [6, 6.07) is 2.79. The highest BCUT2D eigenvalue weighted by atomic mass is 31.2. The number of amides is 2. The van der Waals surface area contributed by atoms with E-state index in [1.165, 1.54) is 60.9 Å². The lowest BCUT2D eigenvalue weighted by Gasteiger charge is -2.30. The van der Waals surface area contributed by atoms with Crippen molar-refractivity contribution in [3.63, 3.8) is 0 Å². The van der Waals surface area contributed by atoms with Crippen molar-refractivity contribution in [3.05, 3.63) is 23.8 Å². The minimum Gasteiger partial charge on any atom is -0.443 e. The van der Waals surface area contributed by atoms with E-state index >= 15 is 0 Å². The maximum Gasteiger partial charge on any atom is 0.424 e. The molecule has 1 aromatic carbocycles. The third-order valence-electron chi connectivity index (χ3n) is 3.30. The smallest absolute Gasteiger partial charge is 0.424 e. The van der Waals surface area contributed by atoms with Gasteiger partial charge in [0.2, 0.25) is 0 Å². The molecular weight excluding hydrogens is 410 g/mol. The van der Waals surface area contributed by atoms with Gasteiger partial charge < -0.3 is 14.0 Å². The number of carbonyl (C=O) groups excluding carboxylic acids is 2. The predicted octanol–water partition coefficient (Wildman–Crippen LogP) is 5.63. The van der Waals surface area contributed by atoms with Crippen molar-refractivity contribution in [1.82, 2.24) is 0 Å². The largest absolute Gasteiger partial charge is 0.443 e. The van der Waals surface area contributed by atoms with E-state index in [0.717, 1.165) is 6.07 Å². The molecule has 0 atom stereocenters. The van der Waals surface area contributed by atoms with Gasteiger partial charge in [0.25, 0.3) is 0 Å². The Bertz CT molecular complexity index is 804. The Morgan fingerprint density at radius 3 is 1.62 bits per heavy atom. The number of rotatable bonds is 2. The summed E-state index contributed by atoms with van der Waals surface area (Å²) in [6.45, 7) is 11.7. The van der Waals surface area contributed by atoms with Crippen LogP contribution in [0.25, 0.3) is 0 Å². The minimum absolute atomic E-state index is 0.0399. The molecule has 0 radical (unpaired) electrons.